The number of allylic oxidation sites excluding steroid dienone is 1. The highest BCUT2D eigenvalue weighted by atomic mass is 16.5. The van der Waals surface area contributed by atoms with Gasteiger partial charge >= 0.3 is 0 Å². The van der Waals surface area contributed by atoms with Gasteiger partial charge in [-0.15, -0.1) is 0 Å². The third-order valence-electron chi connectivity index (χ3n) is 6.26. The third kappa shape index (κ3) is 4.88. The molecular formula is C25H30N6O2. The van der Waals surface area contributed by atoms with Gasteiger partial charge in [-0.2, -0.15) is 5.26 Å². The maximum Gasteiger partial charge on any atom is 0.225 e. The van der Waals surface area contributed by atoms with Crippen LogP contribution in [-0.4, -0.2) is 65.2 Å². The molecule has 2 aliphatic rings. The van der Waals surface area contributed by atoms with Gasteiger partial charge in [-0.25, -0.2) is 15.0 Å². The average molecular weight is 447 g/mol. The topological polar surface area (TPSA) is 95.2 Å². The molecule has 1 saturated heterocycles. The Morgan fingerprint density at radius 3 is 2.73 bits per heavy atom. The number of hydrogen-bond acceptors (Lipinski definition) is 7. The van der Waals surface area contributed by atoms with Gasteiger partial charge in [0.25, 0.3) is 0 Å². The van der Waals surface area contributed by atoms with E-state index in [-0.39, 0.29) is 11.9 Å². The summed E-state index contributed by atoms with van der Waals surface area (Å²) in [5.41, 5.74) is 4.82. The molecule has 0 radical (unpaired) electrons. The van der Waals surface area contributed by atoms with E-state index in [1.807, 2.05) is 30.9 Å². The number of methoxy groups -OCH3 is 1. The number of ether oxygens (including phenoxy) is 1. The van der Waals surface area contributed by atoms with Crippen molar-refractivity contribution >= 4 is 17.3 Å². The van der Waals surface area contributed by atoms with Crippen molar-refractivity contribution in [2.45, 2.75) is 45.1 Å². The van der Waals surface area contributed by atoms with E-state index in [0.717, 1.165) is 41.1 Å². The summed E-state index contributed by atoms with van der Waals surface area (Å²) in [6.07, 6.45) is 4.09. The number of carbonyl (C=O) groups excluding carboxylic acids is 1. The Bertz CT molecular complexity index is 1100. The Hall–Kier alpha value is -3.31. The van der Waals surface area contributed by atoms with Crippen LogP contribution in [0.15, 0.2) is 25.0 Å². The van der Waals surface area contributed by atoms with Crippen LogP contribution < -0.4 is 4.90 Å². The lowest BCUT2D eigenvalue weighted by atomic mass is 10.0. The zero-order chi connectivity index (χ0) is 23.5. The maximum atomic E-state index is 12.5. The largest absolute Gasteiger partial charge is 0.384 e. The van der Waals surface area contributed by atoms with Crippen molar-refractivity contribution in [2.75, 3.05) is 38.3 Å². The fraction of sp³-hybridized carbons (Fsp3) is 0.480. The van der Waals surface area contributed by atoms with Gasteiger partial charge in [0.15, 0.2) is 0 Å². The van der Waals surface area contributed by atoms with Crippen LogP contribution in [0.2, 0.25) is 0 Å². The van der Waals surface area contributed by atoms with Gasteiger partial charge in [-0.3, -0.25) is 4.79 Å². The number of pyridine rings is 1. The van der Waals surface area contributed by atoms with Crippen molar-refractivity contribution in [3.05, 3.63) is 42.0 Å². The minimum atomic E-state index is 0.0282. The Morgan fingerprint density at radius 2 is 2.09 bits per heavy atom. The molecule has 1 atom stereocenters. The smallest absolute Gasteiger partial charge is 0.225 e. The summed E-state index contributed by atoms with van der Waals surface area (Å²) in [5.74, 6) is 1.18. The summed E-state index contributed by atoms with van der Waals surface area (Å²) in [6.45, 7) is 10.2. The molecule has 4 rings (SSSR count). The van der Waals surface area contributed by atoms with E-state index < -0.39 is 0 Å². The summed E-state index contributed by atoms with van der Waals surface area (Å²) >= 11 is 0. The molecule has 0 N–H and O–H groups in total. The number of anilines is 1. The van der Waals surface area contributed by atoms with Gasteiger partial charge in [-0.1, -0.05) is 6.58 Å². The molecule has 0 spiro atoms. The number of nitriles is 1. The van der Waals surface area contributed by atoms with Crippen LogP contribution in [-0.2, 0) is 9.53 Å². The van der Waals surface area contributed by atoms with Crippen molar-refractivity contribution in [3.8, 4) is 17.3 Å². The Labute approximate surface area is 194 Å². The van der Waals surface area contributed by atoms with Crippen molar-refractivity contribution in [2.24, 2.45) is 0 Å². The van der Waals surface area contributed by atoms with Gasteiger partial charge in [0.2, 0.25) is 5.91 Å². The first-order valence-electron chi connectivity index (χ1n) is 11.4. The monoisotopic (exact) mass is 446 g/mol. The Kier molecular flexibility index (Phi) is 6.70. The molecule has 2 aromatic rings. The van der Waals surface area contributed by atoms with E-state index in [2.05, 4.69) is 27.5 Å². The van der Waals surface area contributed by atoms with E-state index in [0.29, 0.717) is 50.0 Å². The van der Waals surface area contributed by atoms with E-state index in [9.17, 15) is 10.1 Å². The van der Waals surface area contributed by atoms with E-state index in [1.165, 1.54) is 6.33 Å². The first-order chi connectivity index (χ1) is 15.9. The predicted molar refractivity (Wildman–Crippen MR) is 127 cm³/mol. The quantitative estimate of drug-likeness (QED) is 0.643. The molecule has 8 nitrogen and oxygen atoms in total. The molecule has 0 bridgehead atoms. The molecule has 2 aromatic heterocycles. The molecule has 8 heteroatoms. The molecule has 1 amide bonds. The normalized spacial score (nSPS) is 18.2. The number of hydrogen-bond donors (Lipinski definition) is 0. The standard InChI is InChI=1S/C25H30N6O2/c1-16(2)21-12-22(28-15-27-21)20-11-19(13-26)25(29-24(20)18-5-6-18)30-8-9-31(17(3)14-30)23(32)7-10-33-4/h11-12,15,17-18H,1,5-10,14H2,2-4H3/t17-/m1/s1. The number of carbonyl (C=O) groups is 1. The highest BCUT2D eigenvalue weighted by Crippen LogP contribution is 2.44. The van der Waals surface area contributed by atoms with Crippen LogP contribution in [0, 0.1) is 11.3 Å². The summed E-state index contributed by atoms with van der Waals surface area (Å²) in [4.78, 5) is 30.3. The van der Waals surface area contributed by atoms with Crippen LogP contribution in [0.1, 0.15) is 56.0 Å². The van der Waals surface area contributed by atoms with Crippen molar-refractivity contribution in [1.82, 2.24) is 19.9 Å². The van der Waals surface area contributed by atoms with Crippen molar-refractivity contribution in [1.29, 1.82) is 5.26 Å². The predicted octanol–water partition coefficient (Wildman–Crippen LogP) is 3.39. The minimum absolute atomic E-state index is 0.0282. The summed E-state index contributed by atoms with van der Waals surface area (Å²) in [6, 6.07) is 6.20. The summed E-state index contributed by atoms with van der Waals surface area (Å²) < 4.78 is 5.05. The van der Waals surface area contributed by atoms with Gasteiger partial charge in [0, 0.05) is 44.3 Å². The maximum absolute atomic E-state index is 12.5. The molecule has 3 heterocycles. The first kappa shape index (κ1) is 22.9. The molecule has 172 valence electrons. The molecule has 1 aliphatic heterocycles. The van der Waals surface area contributed by atoms with Crippen LogP contribution in [0.25, 0.3) is 16.8 Å². The Balaban J connectivity index is 1.65. The van der Waals surface area contributed by atoms with Gasteiger partial charge in [0.05, 0.1) is 35.7 Å². The molecule has 0 aromatic carbocycles. The molecule has 2 fully saturated rings. The van der Waals surface area contributed by atoms with Crippen LogP contribution in [0.3, 0.4) is 0 Å². The fourth-order valence-corrected chi connectivity index (χ4v) is 4.31. The van der Waals surface area contributed by atoms with E-state index >= 15 is 0 Å². The highest BCUT2D eigenvalue weighted by molar-refractivity contribution is 5.77. The lowest BCUT2D eigenvalue weighted by Gasteiger charge is -2.41. The zero-order valence-electron chi connectivity index (χ0n) is 19.5. The second-order valence-electron chi connectivity index (χ2n) is 8.87. The number of aromatic nitrogens is 3. The number of amides is 1. The number of piperazine rings is 1. The van der Waals surface area contributed by atoms with Crippen molar-refractivity contribution < 1.29 is 9.53 Å². The second kappa shape index (κ2) is 9.67. The lowest BCUT2D eigenvalue weighted by molar-refractivity contribution is -0.134. The molecule has 1 saturated carbocycles. The molecular weight excluding hydrogens is 416 g/mol. The molecule has 0 unspecified atom stereocenters. The first-order valence-corrected chi connectivity index (χ1v) is 11.4. The van der Waals surface area contributed by atoms with Gasteiger partial charge in [-0.05, 0) is 44.4 Å². The summed E-state index contributed by atoms with van der Waals surface area (Å²) in [7, 11) is 1.60. The average Bonchev–Trinajstić information content (AvgIpc) is 3.67. The number of rotatable bonds is 7. The second-order valence-corrected chi connectivity index (χ2v) is 8.87. The van der Waals surface area contributed by atoms with Crippen LogP contribution in [0.5, 0.6) is 0 Å². The van der Waals surface area contributed by atoms with E-state index in [4.69, 9.17) is 9.72 Å². The van der Waals surface area contributed by atoms with Gasteiger partial charge in [0.1, 0.15) is 18.2 Å². The molecule has 1 aliphatic carbocycles. The SMILES string of the molecule is C=C(C)c1cc(-c2cc(C#N)c(N3CCN(C(=O)CCOC)[C@H](C)C3)nc2C2CC2)ncn1. The lowest BCUT2D eigenvalue weighted by Crippen LogP contribution is -2.54. The van der Waals surface area contributed by atoms with Crippen LogP contribution in [0.4, 0.5) is 5.82 Å². The summed E-state index contributed by atoms with van der Waals surface area (Å²) in [5, 5.41) is 9.97. The minimum Gasteiger partial charge on any atom is -0.384 e. The highest BCUT2D eigenvalue weighted by Gasteiger charge is 2.33. The third-order valence-corrected chi connectivity index (χ3v) is 6.26. The number of nitrogens with zero attached hydrogens (tertiary/aromatic N) is 6. The van der Waals surface area contributed by atoms with Crippen LogP contribution >= 0.6 is 0 Å². The fourth-order valence-electron chi connectivity index (χ4n) is 4.31. The van der Waals surface area contributed by atoms with Gasteiger partial charge < -0.3 is 14.5 Å². The zero-order valence-corrected chi connectivity index (χ0v) is 19.5. The molecule has 33 heavy (non-hydrogen) atoms. The van der Waals surface area contributed by atoms with E-state index in [1.54, 1.807) is 7.11 Å². The van der Waals surface area contributed by atoms with Crippen molar-refractivity contribution in [3.63, 3.8) is 0 Å². The Morgan fingerprint density at radius 1 is 1.30 bits per heavy atom.